The number of hydrogen-bond acceptors (Lipinski definition) is 4. The summed E-state index contributed by atoms with van der Waals surface area (Å²) in [5.41, 5.74) is 1.17. The lowest BCUT2D eigenvalue weighted by molar-refractivity contribution is -0.120. The van der Waals surface area contributed by atoms with Gasteiger partial charge in [0.15, 0.2) is 0 Å². The van der Waals surface area contributed by atoms with Crippen molar-refractivity contribution in [1.82, 2.24) is 9.62 Å². The topological polar surface area (TPSA) is 78.5 Å². The normalized spacial score (nSPS) is 18.3. The van der Waals surface area contributed by atoms with E-state index in [1.54, 1.807) is 19.1 Å². The highest BCUT2D eigenvalue weighted by Crippen LogP contribution is 2.23. The molecule has 1 aromatic rings. The average molecular weight is 362 g/mol. The van der Waals surface area contributed by atoms with E-state index < -0.39 is 10.0 Å². The SMILES string of the molecule is Cc1ccc(NC(=O)C2CCCNC2)cc1S(=O)(=O)N(C)C.Cl. The van der Waals surface area contributed by atoms with E-state index in [9.17, 15) is 13.2 Å². The van der Waals surface area contributed by atoms with Gasteiger partial charge >= 0.3 is 0 Å². The van der Waals surface area contributed by atoms with Crippen molar-refractivity contribution in [3.8, 4) is 0 Å². The molecule has 8 heteroatoms. The zero-order valence-electron chi connectivity index (χ0n) is 13.6. The van der Waals surface area contributed by atoms with E-state index in [4.69, 9.17) is 0 Å². The van der Waals surface area contributed by atoms with Crippen molar-refractivity contribution in [2.75, 3.05) is 32.5 Å². The monoisotopic (exact) mass is 361 g/mol. The highest BCUT2D eigenvalue weighted by Gasteiger charge is 2.23. The van der Waals surface area contributed by atoms with Crippen molar-refractivity contribution in [2.24, 2.45) is 5.92 Å². The van der Waals surface area contributed by atoms with E-state index in [2.05, 4.69) is 10.6 Å². The molecule has 0 saturated carbocycles. The van der Waals surface area contributed by atoms with Crippen LogP contribution in [0.5, 0.6) is 0 Å². The second-order valence-electron chi connectivity index (χ2n) is 5.80. The van der Waals surface area contributed by atoms with Crippen LogP contribution in [0.25, 0.3) is 0 Å². The zero-order valence-corrected chi connectivity index (χ0v) is 15.3. The van der Waals surface area contributed by atoms with Crippen LogP contribution in [-0.4, -0.2) is 45.8 Å². The lowest BCUT2D eigenvalue weighted by Crippen LogP contribution is -2.37. The molecule has 0 spiro atoms. The molecular weight excluding hydrogens is 338 g/mol. The Hall–Kier alpha value is -1.15. The maximum atomic E-state index is 12.3. The van der Waals surface area contributed by atoms with Crippen LogP contribution in [0, 0.1) is 12.8 Å². The minimum Gasteiger partial charge on any atom is -0.326 e. The third-order valence-corrected chi connectivity index (χ3v) is 5.84. The standard InChI is InChI=1S/C15H23N3O3S.ClH/c1-11-6-7-13(9-14(11)22(20,21)18(2)3)17-15(19)12-5-4-8-16-10-12;/h6-7,9,12,16H,4-5,8,10H2,1-3H3,(H,17,19);1H. The van der Waals surface area contributed by atoms with Gasteiger partial charge in [0.2, 0.25) is 15.9 Å². The third-order valence-electron chi connectivity index (χ3n) is 3.88. The van der Waals surface area contributed by atoms with E-state index in [1.807, 2.05) is 0 Å². The molecule has 1 atom stereocenters. The molecule has 1 aliphatic heterocycles. The maximum Gasteiger partial charge on any atom is 0.242 e. The van der Waals surface area contributed by atoms with Crippen LogP contribution in [0.2, 0.25) is 0 Å². The lowest BCUT2D eigenvalue weighted by Gasteiger charge is -2.22. The molecule has 2 N–H and O–H groups in total. The zero-order chi connectivity index (χ0) is 16.3. The lowest BCUT2D eigenvalue weighted by atomic mass is 9.99. The Morgan fingerprint density at radius 2 is 2.04 bits per heavy atom. The number of halogens is 1. The fourth-order valence-electron chi connectivity index (χ4n) is 2.47. The van der Waals surface area contributed by atoms with Crippen LogP contribution in [0.3, 0.4) is 0 Å². The van der Waals surface area contributed by atoms with Gasteiger partial charge in [0.25, 0.3) is 0 Å². The predicted octanol–water partition coefficient (Wildman–Crippen LogP) is 1.61. The van der Waals surface area contributed by atoms with Gasteiger partial charge in [-0.15, -0.1) is 12.4 Å². The number of carbonyl (C=O) groups excluding carboxylic acids is 1. The first-order valence-electron chi connectivity index (χ1n) is 7.37. The summed E-state index contributed by atoms with van der Waals surface area (Å²) >= 11 is 0. The van der Waals surface area contributed by atoms with Gasteiger partial charge < -0.3 is 10.6 Å². The van der Waals surface area contributed by atoms with E-state index >= 15 is 0 Å². The average Bonchev–Trinajstić information content (AvgIpc) is 2.49. The molecule has 1 aromatic carbocycles. The van der Waals surface area contributed by atoms with Gasteiger partial charge in [-0.1, -0.05) is 6.07 Å². The van der Waals surface area contributed by atoms with Crippen LogP contribution in [0.1, 0.15) is 18.4 Å². The number of piperidine rings is 1. The molecule has 0 aromatic heterocycles. The molecular formula is C15H24ClN3O3S. The molecule has 130 valence electrons. The van der Waals surface area contributed by atoms with E-state index in [-0.39, 0.29) is 29.1 Å². The van der Waals surface area contributed by atoms with Crippen LogP contribution in [-0.2, 0) is 14.8 Å². The number of hydrogen-bond donors (Lipinski definition) is 2. The smallest absolute Gasteiger partial charge is 0.242 e. The number of sulfonamides is 1. The maximum absolute atomic E-state index is 12.3. The van der Waals surface area contributed by atoms with Crippen LogP contribution in [0.15, 0.2) is 23.1 Å². The van der Waals surface area contributed by atoms with Crippen molar-refractivity contribution in [1.29, 1.82) is 0 Å². The molecule has 0 bridgehead atoms. The second kappa shape index (κ2) is 8.10. The number of nitrogens with zero attached hydrogens (tertiary/aromatic N) is 1. The fraction of sp³-hybridized carbons (Fsp3) is 0.533. The van der Waals surface area contributed by atoms with E-state index in [1.165, 1.54) is 24.5 Å². The molecule has 1 amide bonds. The van der Waals surface area contributed by atoms with Crippen LogP contribution < -0.4 is 10.6 Å². The summed E-state index contributed by atoms with van der Waals surface area (Å²) in [6.45, 7) is 3.35. The molecule has 6 nitrogen and oxygen atoms in total. The highest BCUT2D eigenvalue weighted by atomic mass is 35.5. The summed E-state index contributed by atoms with van der Waals surface area (Å²) in [4.78, 5) is 12.5. The largest absolute Gasteiger partial charge is 0.326 e. The number of aryl methyl sites for hydroxylation is 1. The first-order valence-corrected chi connectivity index (χ1v) is 8.81. The van der Waals surface area contributed by atoms with Crippen molar-refractivity contribution in [2.45, 2.75) is 24.7 Å². The number of amides is 1. The minimum atomic E-state index is -3.52. The molecule has 0 aliphatic carbocycles. The van der Waals surface area contributed by atoms with Gasteiger partial charge in [-0.3, -0.25) is 4.79 Å². The van der Waals surface area contributed by atoms with Gasteiger partial charge in [-0.25, -0.2) is 12.7 Å². The van der Waals surface area contributed by atoms with Gasteiger partial charge in [-0.2, -0.15) is 0 Å². The summed E-state index contributed by atoms with van der Waals surface area (Å²) in [5, 5.41) is 6.03. The fourth-order valence-corrected chi connectivity index (χ4v) is 3.62. The molecule has 0 radical (unpaired) electrons. The van der Waals surface area contributed by atoms with Crippen molar-refractivity contribution >= 4 is 34.0 Å². The molecule has 1 aliphatic rings. The van der Waals surface area contributed by atoms with Crippen molar-refractivity contribution in [3.05, 3.63) is 23.8 Å². The Morgan fingerprint density at radius 1 is 1.35 bits per heavy atom. The molecule has 1 saturated heterocycles. The number of rotatable bonds is 4. The van der Waals surface area contributed by atoms with Crippen LogP contribution >= 0.6 is 12.4 Å². The molecule has 23 heavy (non-hydrogen) atoms. The van der Waals surface area contributed by atoms with Gasteiger partial charge in [0.05, 0.1) is 10.8 Å². The molecule has 1 fully saturated rings. The van der Waals surface area contributed by atoms with Gasteiger partial charge in [0.1, 0.15) is 0 Å². The van der Waals surface area contributed by atoms with E-state index in [0.29, 0.717) is 17.8 Å². The Labute approximate surface area is 144 Å². The Bertz CT molecular complexity index is 656. The number of anilines is 1. The molecule has 1 heterocycles. The first-order chi connectivity index (χ1) is 10.3. The first kappa shape index (κ1) is 19.9. The summed E-state index contributed by atoms with van der Waals surface area (Å²) in [7, 11) is -0.533. The highest BCUT2D eigenvalue weighted by molar-refractivity contribution is 7.89. The summed E-state index contributed by atoms with van der Waals surface area (Å²) < 4.78 is 25.8. The second-order valence-corrected chi connectivity index (χ2v) is 7.92. The predicted molar refractivity (Wildman–Crippen MR) is 93.5 cm³/mol. The quantitative estimate of drug-likeness (QED) is 0.853. The Morgan fingerprint density at radius 3 is 2.61 bits per heavy atom. The summed E-state index contributed by atoms with van der Waals surface area (Å²) in [6, 6.07) is 4.97. The van der Waals surface area contributed by atoms with Crippen molar-refractivity contribution in [3.63, 3.8) is 0 Å². The molecule has 2 rings (SSSR count). The number of benzene rings is 1. The Kier molecular flexibility index (Phi) is 7.01. The Balaban J connectivity index is 0.00000264. The third kappa shape index (κ3) is 4.67. The van der Waals surface area contributed by atoms with Gasteiger partial charge in [-0.05, 0) is 44.0 Å². The number of nitrogens with one attached hydrogen (secondary N) is 2. The van der Waals surface area contributed by atoms with Crippen LogP contribution in [0.4, 0.5) is 5.69 Å². The van der Waals surface area contributed by atoms with Crippen molar-refractivity contribution < 1.29 is 13.2 Å². The summed E-state index contributed by atoms with van der Waals surface area (Å²) in [5.74, 6) is -0.131. The van der Waals surface area contributed by atoms with E-state index in [0.717, 1.165) is 19.4 Å². The minimum absolute atomic E-state index is 0. The molecule has 1 unspecified atom stereocenters. The summed E-state index contributed by atoms with van der Waals surface area (Å²) in [6.07, 6.45) is 1.83. The number of carbonyl (C=O) groups is 1. The van der Waals surface area contributed by atoms with Gasteiger partial charge in [0, 0.05) is 26.3 Å².